The molecule has 1 amide bonds. The SMILES string of the molecule is O=C1/C(=C\c2ccc(-c3ccc(Br)cc3)o2)SC(=S)N1c1ccc2c(c1)OCO2. The number of halogens is 1. The maximum atomic E-state index is 13.0. The molecule has 5 nitrogen and oxygen atoms in total. The van der Waals surface area contributed by atoms with Crippen LogP contribution in [0.15, 0.2) is 68.4 Å². The van der Waals surface area contributed by atoms with Gasteiger partial charge in [-0.1, -0.05) is 52.0 Å². The average Bonchev–Trinajstić information content (AvgIpc) is 3.42. The number of furan rings is 1. The van der Waals surface area contributed by atoms with Gasteiger partial charge >= 0.3 is 0 Å². The second kappa shape index (κ2) is 7.37. The Kier molecular flexibility index (Phi) is 4.69. The predicted octanol–water partition coefficient (Wildman–Crippen LogP) is 5.84. The second-order valence-electron chi connectivity index (χ2n) is 6.26. The van der Waals surface area contributed by atoms with Crippen molar-refractivity contribution in [2.24, 2.45) is 0 Å². The van der Waals surface area contributed by atoms with Gasteiger partial charge in [-0.2, -0.15) is 0 Å². The van der Waals surface area contributed by atoms with Crippen LogP contribution in [0.25, 0.3) is 17.4 Å². The van der Waals surface area contributed by atoms with Crippen molar-refractivity contribution in [2.75, 3.05) is 11.7 Å². The molecule has 0 atom stereocenters. The molecule has 3 aromatic rings. The first-order valence-electron chi connectivity index (χ1n) is 8.62. The molecule has 29 heavy (non-hydrogen) atoms. The van der Waals surface area contributed by atoms with E-state index < -0.39 is 0 Å². The summed E-state index contributed by atoms with van der Waals surface area (Å²) < 4.78 is 18.1. The van der Waals surface area contributed by atoms with Crippen LogP contribution in [0.5, 0.6) is 11.5 Å². The quantitative estimate of drug-likeness (QED) is 0.342. The maximum absolute atomic E-state index is 13.0. The third kappa shape index (κ3) is 3.48. The standard InChI is InChI=1S/C21H12BrNO4S2/c22-13-3-1-12(2-4-13)16-8-6-15(27-16)10-19-20(24)23(21(28)29-19)14-5-7-17-18(9-14)26-11-25-17/h1-10H,11H2/b19-10+. The Morgan fingerprint density at radius 1 is 1.03 bits per heavy atom. The van der Waals surface area contributed by atoms with Gasteiger partial charge in [-0.15, -0.1) is 0 Å². The Balaban J connectivity index is 1.41. The van der Waals surface area contributed by atoms with Crippen LogP contribution in [0.4, 0.5) is 5.69 Å². The Labute approximate surface area is 184 Å². The molecule has 3 heterocycles. The highest BCUT2D eigenvalue weighted by atomic mass is 79.9. The topological polar surface area (TPSA) is 51.9 Å². The molecule has 0 spiro atoms. The number of fused-ring (bicyclic) bond motifs is 1. The second-order valence-corrected chi connectivity index (χ2v) is 8.86. The molecule has 0 unspecified atom stereocenters. The van der Waals surface area contributed by atoms with Crippen LogP contribution in [-0.4, -0.2) is 17.0 Å². The van der Waals surface area contributed by atoms with E-state index in [0.29, 0.717) is 32.2 Å². The summed E-state index contributed by atoms with van der Waals surface area (Å²) in [5.41, 5.74) is 1.61. The van der Waals surface area contributed by atoms with Crippen molar-refractivity contribution in [1.29, 1.82) is 0 Å². The molecule has 1 fully saturated rings. The molecule has 0 bridgehead atoms. The van der Waals surface area contributed by atoms with Gasteiger partial charge in [0.2, 0.25) is 6.79 Å². The van der Waals surface area contributed by atoms with E-state index in [2.05, 4.69) is 15.9 Å². The van der Waals surface area contributed by atoms with E-state index >= 15 is 0 Å². The summed E-state index contributed by atoms with van der Waals surface area (Å²) >= 11 is 10.1. The summed E-state index contributed by atoms with van der Waals surface area (Å²) in [6.45, 7) is 0.177. The third-order valence-corrected chi connectivity index (χ3v) is 6.27. The molecule has 0 radical (unpaired) electrons. The molecule has 2 aromatic carbocycles. The van der Waals surface area contributed by atoms with Crippen molar-refractivity contribution in [2.45, 2.75) is 0 Å². The van der Waals surface area contributed by atoms with Crippen LogP contribution in [-0.2, 0) is 4.79 Å². The molecule has 2 aliphatic rings. The maximum Gasteiger partial charge on any atom is 0.270 e. The molecular formula is C21H12BrNO4S2. The van der Waals surface area contributed by atoms with Crippen LogP contribution >= 0.6 is 39.9 Å². The first-order chi connectivity index (χ1) is 14.1. The zero-order chi connectivity index (χ0) is 20.0. The number of thiocarbonyl (C=S) groups is 1. The van der Waals surface area contributed by atoms with E-state index in [4.69, 9.17) is 26.1 Å². The van der Waals surface area contributed by atoms with Crippen LogP contribution in [0, 0.1) is 0 Å². The number of carbonyl (C=O) groups excluding carboxylic acids is 1. The van der Waals surface area contributed by atoms with Crippen molar-refractivity contribution in [3.8, 4) is 22.8 Å². The lowest BCUT2D eigenvalue weighted by Crippen LogP contribution is -2.27. The molecule has 8 heteroatoms. The largest absolute Gasteiger partial charge is 0.457 e. The number of benzene rings is 2. The molecular weight excluding hydrogens is 474 g/mol. The fraction of sp³-hybridized carbons (Fsp3) is 0.0476. The van der Waals surface area contributed by atoms with Crippen molar-refractivity contribution >= 4 is 61.9 Å². The van der Waals surface area contributed by atoms with Gasteiger partial charge in [-0.25, -0.2) is 0 Å². The molecule has 1 saturated heterocycles. The number of hydrogen-bond donors (Lipinski definition) is 0. The summed E-state index contributed by atoms with van der Waals surface area (Å²) in [4.78, 5) is 15.0. The fourth-order valence-corrected chi connectivity index (χ4v) is 4.59. The normalized spacial score (nSPS) is 16.9. The predicted molar refractivity (Wildman–Crippen MR) is 120 cm³/mol. The fourth-order valence-electron chi connectivity index (χ4n) is 3.04. The first kappa shape index (κ1) is 18.5. The van der Waals surface area contributed by atoms with Gasteiger partial charge in [0.25, 0.3) is 5.91 Å². The summed E-state index contributed by atoms with van der Waals surface area (Å²) in [5, 5.41) is 0. The van der Waals surface area contributed by atoms with Crippen LogP contribution < -0.4 is 14.4 Å². The summed E-state index contributed by atoms with van der Waals surface area (Å²) in [6.07, 6.45) is 1.72. The average molecular weight is 486 g/mol. The number of ether oxygens (including phenoxy) is 2. The first-order valence-corrected chi connectivity index (χ1v) is 10.6. The van der Waals surface area contributed by atoms with Crippen molar-refractivity contribution < 1.29 is 18.7 Å². The smallest absolute Gasteiger partial charge is 0.270 e. The van der Waals surface area contributed by atoms with Gasteiger partial charge < -0.3 is 13.9 Å². The zero-order valence-electron chi connectivity index (χ0n) is 14.8. The lowest BCUT2D eigenvalue weighted by molar-refractivity contribution is -0.113. The summed E-state index contributed by atoms with van der Waals surface area (Å²) in [7, 11) is 0. The number of rotatable bonds is 3. The van der Waals surface area contributed by atoms with Gasteiger partial charge in [0, 0.05) is 22.2 Å². The number of hydrogen-bond acceptors (Lipinski definition) is 6. The number of carbonyl (C=O) groups is 1. The molecule has 5 rings (SSSR count). The zero-order valence-corrected chi connectivity index (χ0v) is 18.0. The molecule has 0 saturated carbocycles. The van der Waals surface area contributed by atoms with Crippen molar-refractivity contribution in [3.63, 3.8) is 0 Å². The molecule has 144 valence electrons. The van der Waals surface area contributed by atoms with E-state index in [1.165, 1.54) is 16.7 Å². The molecule has 0 aliphatic carbocycles. The van der Waals surface area contributed by atoms with E-state index in [9.17, 15) is 4.79 Å². The Hall–Kier alpha value is -2.55. The Bertz CT molecular complexity index is 1170. The number of thioether (sulfide) groups is 1. The van der Waals surface area contributed by atoms with Crippen LogP contribution in [0.3, 0.4) is 0 Å². The lowest BCUT2D eigenvalue weighted by atomic mass is 10.2. The van der Waals surface area contributed by atoms with Gasteiger partial charge in [0.05, 0.1) is 10.6 Å². The highest BCUT2D eigenvalue weighted by molar-refractivity contribution is 9.10. The minimum absolute atomic E-state index is 0.177. The highest BCUT2D eigenvalue weighted by Crippen LogP contribution is 2.41. The molecule has 0 N–H and O–H groups in total. The highest BCUT2D eigenvalue weighted by Gasteiger charge is 2.34. The van der Waals surface area contributed by atoms with Crippen LogP contribution in [0.1, 0.15) is 5.76 Å². The number of anilines is 1. The van der Waals surface area contributed by atoms with E-state index in [1.807, 2.05) is 36.4 Å². The van der Waals surface area contributed by atoms with Gasteiger partial charge in [0.1, 0.15) is 11.5 Å². The van der Waals surface area contributed by atoms with Crippen LogP contribution in [0.2, 0.25) is 0 Å². The summed E-state index contributed by atoms with van der Waals surface area (Å²) in [6, 6.07) is 16.9. The monoisotopic (exact) mass is 485 g/mol. The lowest BCUT2D eigenvalue weighted by Gasteiger charge is -2.14. The van der Waals surface area contributed by atoms with E-state index in [-0.39, 0.29) is 12.7 Å². The number of amides is 1. The van der Waals surface area contributed by atoms with Crippen molar-refractivity contribution in [1.82, 2.24) is 0 Å². The Morgan fingerprint density at radius 2 is 1.83 bits per heavy atom. The Morgan fingerprint density at radius 3 is 2.66 bits per heavy atom. The van der Waals surface area contributed by atoms with E-state index in [1.54, 1.807) is 24.3 Å². The molecule has 2 aliphatic heterocycles. The minimum atomic E-state index is -0.194. The number of nitrogens with zero attached hydrogens (tertiary/aromatic N) is 1. The van der Waals surface area contributed by atoms with Gasteiger partial charge in [-0.3, -0.25) is 9.69 Å². The minimum Gasteiger partial charge on any atom is -0.457 e. The van der Waals surface area contributed by atoms with E-state index in [0.717, 1.165) is 15.8 Å². The van der Waals surface area contributed by atoms with Gasteiger partial charge in [0.15, 0.2) is 15.8 Å². The van der Waals surface area contributed by atoms with Gasteiger partial charge in [-0.05, 0) is 36.4 Å². The summed E-state index contributed by atoms with van der Waals surface area (Å²) in [5.74, 6) is 2.39. The van der Waals surface area contributed by atoms with Crippen molar-refractivity contribution in [3.05, 3.63) is 69.7 Å². The molecule has 1 aromatic heterocycles. The third-order valence-electron chi connectivity index (χ3n) is 4.44.